The van der Waals surface area contributed by atoms with Gasteiger partial charge in [0.15, 0.2) is 0 Å². The van der Waals surface area contributed by atoms with Crippen LogP contribution in [0.15, 0.2) is 18.2 Å². The molecule has 0 amide bonds. The van der Waals surface area contributed by atoms with E-state index in [2.05, 4.69) is 25.1 Å². The molecule has 2 heteroatoms. The molecule has 1 aliphatic carbocycles. The predicted molar refractivity (Wildman–Crippen MR) is 80.9 cm³/mol. The van der Waals surface area contributed by atoms with Crippen molar-refractivity contribution in [2.45, 2.75) is 57.3 Å². The van der Waals surface area contributed by atoms with Gasteiger partial charge in [-0.15, -0.1) is 0 Å². The van der Waals surface area contributed by atoms with E-state index < -0.39 is 0 Å². The molecule has 0 spiro atoms. The fourth-order valence-corrected chi connectivity index (χ4v) is 3.21. The number of nitrogens with two attached hydrogens (primary N) is 1. The zero-order valence-corrected chi connectivity index (χ0v) is 12.3. The van der Waals surface area contributed by atoms with Gasteiger partial charge in [-0.3, -0.25) is 0 Å². The number of rotatable bonds is 5. The first-order valence-corrected chi connectivity index (χ1v) is 7.64. The van der Waals surface area contributed by atoms with E-state index in [1.165, 1.54) is 43.2 Å². The van der Waals surface area contributed by atoms with Gasteiger partial charge in [-0.2, -0.15) is 0 Å². The Hall–Kier alpha value is -1.02. The lowest BCUT2D eigenvalue weighted by Crippen LogP contribution is -2.09. The minimum atomic E-state index is 0.540. The van der Waals surface area contributed by atoms with E-state index in [-0.39, 0.29) is 0 Å². The van der Waals surface area contributed by atoms with Gasteiger partial charge in [0.2, 0.25) is 0 Å². The second kappa shape index (κ2) is 6.95. The van der Waals surface area contributed by atoms with Crippen molar-refractivity contribution in [2.75, 3.05) is 13.7 Å². The molecule has 2 nitrogen and oxygen atoms in total. The number of hydrogen-bond acceptors (Lipinski definition) is 2. The van der Waals surface area contributed by atoms with Gasteiger partial charge >= 0.3 is 0 Å². The monoisotopic (exact) mass is 261 g/mol. The third-order valence-corrected chi connectivity index (χ3v) is 4.47. The summed E-state index contributed by atoms with van der Waals surface area (Å²) in [6.07, 6.45) is 7.78. The van der Waals surface area contributed by atoms with Crippen LogP contribution >= 0.6 is 0 Å². The molecule has 1 fully saturated rings. The Bertz CT molecular complexity index is 396. The van der Waals surface area contributed by atoms with E-state index >= 15 is 0 Å². The van der Waals surface area contributed by atoms with Crippen LogP contribution in [0.3, 0.4) is 0 Å². The zero-order chi connectivity index (χ0) is 13.7. The first kappa shape index (κ1) is 14.4. The van der Waals surface area contributed by atoms with Crippen LogP contribution in [0.25, 0.3) is 0 Å². The minimum absolute atomic E-state index is 0.540. The van der Waals surface area contributed by atoms with Crippen LogP contribution in [-0.4, -0.2) is 13.7 Å². The third kappa shape index (κ3) is 3.50. The summed E-state index contributed by atoms with van der Waals surface area (Å²) in [6, 6.07) is 6.72. The molecule has 0 aliphatic heterocycles. The van der Waals surface area contributed by atoms with Crippen molar-refractivity contribution >= 4 is 0 Å². The van der Waals surface area contributed by atoms with Crippen LogP contribution in [0, 0.1) is 0 Å². The van der Waals surface area contributed by atoms with Crippen LogP contribution in [0.2, 0.25) is 0 Å². The normalized spacial score (nSPS) is 18.3. The van der Waals surface area contributed by atoms with Crippen LogP contribution in [0.1, 0.15) is 68.4 Å². The Kier molecular flexibility index (Phi) is 5.26. The Morgan fingerprint density at radius 3 is 2.63 bits per heavy atom. The Morgan fingerprint density at radius 2 is 2.00 bits per heavy atom. The van der Waals surface area contributed by atoms with Crippen LogP contribution in [-0.2, 0) is 0 Å². The first-order chi connectivity index (χ1) is 9.26. The van der Waals surface area contributed by atoms with Gasteiger partial charge in [-0.25, -0.2) is 0 Å². The molecular weight excluding hydrogens is 234 g/mol. The highest BCUT2D eigenvalue weighted by Gasteiger charge is 2.20. The average molecular weight is 261 g/mol. The summed E-state index contributed by atoms with van der Waals surface area (Å²) in [6.45, 7) is 3.02. The Morgan fingerprint density at radius 1 is 1.26 bits per heavy atom. The van der Waals surface area contributed by atoms with Gasteiger partial charge < -0.3 is 10.5 Å². The first-order valence-electron chi connectivity index (χ1n) is 7.64. The molecular formula is C17H27NO. The maximum Gasteiger partial charge on any atom is 0.122 e. The molecule has 1 atom stereocenters. The molecule has 0 bridgehead atoms. The van der Waals surface area contributed by atoms with Gasteiger partial charge in [0, 0.05) is 0 Å². The SMILES string of the molecule is COc1ccc(C(C)CCN)cc1C1CCCCC1. The number of methoxy groups -OCH3 is 1. The summed E-state index contributed by atoms with van der Waals surface area (Å²) in [5.41, 5.74) is 8.51. The van der Waals surface area contributed by atoms with Crippen molar-refractivity contribution in [3.63, 3.8) is 0 Å². The van der Waals surface area contributed by atoms with E-state index in [4.69, 9.17) is 10.5 Å². The predicted octanol–water partition coefficient (Wildman–Crippen LogP) is 4.20. The van der Waals surface area contributed by atoms with Gasteiger partial charge in [0.1, 0.15) is 5.75 Å². The van der Waals surface area contributed by atoms with Crippen molar-refractivity contribution in [1.29, 1.82) is 0 Å². The van der Waals surface area contributed by atoms with Crippen LogP contribution in [0.5, 0.6) is 5.75 Å². The van der Waals surface area contributed by atoms with Crippen molar-refractivity contribution in [2.24, 2.45) is 5.73 Å². The van der Waals surface area contributed by atoms with Crippen molar-refractivity contribution in [3.8, 4) is 5.75 Å². The summed E-state index contributed by atoms with van der Waals surface area (Å²) in [7, 11) is 1.78. The van der Waals surface area contributed by atoms with E-state index in [0.717, 1.165) is 18.7 Å². The molecule has 0 saturated heterocycles. The van der Waals surface area contributed by atoms with Crippen molar-refractivity contribution < 1.29 is 4.74 Å². The lowest BCUT2D eigenvalue weighted by molar-refractivity contribution is 0.386. The lowest BCUT2D eigenvalue weighted by atomic mass is 9.82. The molecule has 1 saturated carbocycles. The topological polar surface area (TPSA) is 35.2 Å². The summed E-state index contributed by atoms with van der Waals surface area (Å²) in [4.78, 5) is 0. The second-order valence-corrected chi connectivity index (χ2v) is 5.81. The second-order valence-electron chi connectivity index (χ2n) is 5.81. The third-order valence-electron chi connectivity index (χ3n) is 4.47. The quantitative estimate of drug-likeness (QED) is 0.862. The van der Waals surface area contributed by atoms with E-state index in [9.17, 15) is 0 Å². The van der Waals surface area contributed by atoms with Gasteiger partial charge in [0.05, 0.1) is 7.11 Å². The molecule has 2 N–H and O–H groups in total. The Labute approximate surface area is 117 Å². The molecule has 0 radical (unpaired) electrons. The van der Waals surface area contributed by atoms with Gasteiger partial charge in [-0.1, -0.05) is 38.3 Å². The fourth-order valence-electron chi connectivity index (χ4n) is 3.21. The molecule has 0 heterocycles. The van der Waals surface area contributed by atoms with Gasteiger partial charge in [0.25, 0.3) is 0 Å². The maximum absolute atomic E-state index is 5.68. The molecule has 0 aromatic heterocycles. The van der Waals surface area contributed by atoms with Gasteiger partial charge in [-0.05, 0) is 54.8 Å². The smallest absolute Gasteiger partial charge is 0.122 e. The van der Waals surface area contributed by atoms with Crippen LogP contribution in [0.4, 0.5) is 0 Å². The van der Waals surface area contributed by atoms with E-state index in [1.54, 1.807) is 7.11 Å². The average Bonchev–Trinajstić information content (AvgIpc) is 2.47. The molecule has 1 aromatic rings. The number of ether oxygens (including phenoxy) is 1. The van der Waals surface area contributed by atoms with E-state index in [1.807, 2.05) is 0 Å². The summed E-state index contributed by atoms with van der Waals surface area (Å²) in [5.74, 6) is 2.29. The Balaban J connectivity index is 2.25. The molecule has 1 aromatic carbocycles. The summed E-state index contributed by atoms with van der Waals surface area (Å²) >= 11 is 0. The number of benzene rings is 1. The van der Waals surface area contributed by atoms with E-state index in [0.29, 0.717) is 11.8 Å². The molecule has 1 aliphatic rings. The molecule has 2 rings (SSSR count). The highest BCUT2D eigenvalue weighted by molar-refractivity contribution is 5.41. The largest absolute Gasteiger partial charge is 0.496 e. The summed E-state index contributed by atoms with van der Waals surface area (Å²) < 4.78 is 5.57. The summed E-state index contributed by atoms with van der Waals surface area (Å²) in [5, 5.41) is 0. The molecule has 106 valence electrons. The lowest BCUT2D eigenvalue weighted by Gasteiger charge is -2.25. The standard InChI is InChI=1S/C17H27NO/c1-13(10-11-18)15-8-9-17(19-2)16(12-15)14-6-4-3-5-7-14/h8-9,12-14H,3-7,10-11,18H2,1-2H3. The highest BCUT2D eigenvalue weighted by atomic mass is 16.5. The highest BCUT2D eigenvalue weighted by Crippen LogP contribution is 2.39. The fraction of sp³-hybridized carbons (Fsp3) is 0.647. The molecule has 1 unspecified atom stereocenters. The molecule has 19 heavy (non-hydrogen) atoms. The van der Waals surface area contributed by atoms with Crippen molar-refractivity contribution in [3.05, 3.63) is 29.3 Å². The minimum Gasteiger partial charge on any atom is -0.496 e. The maximum atomic E-state index is 5.68. The van der Waals surface area contributed by atoms with Crippen LogP contribution < -0.4 is 10.5 Å². The number of hydrogen-bond donors (Lipinski definition) is 1. The van der Waals surface area contributed by atoms with Crippen molar-refractivity contribution in [1.82, 2.24) is 0 Å². The zero-order valence-electron chi connectivity index (χ0n) is 12.3.